The third-order valence-electron chi connectivity index (χ3n) is 3.13. The number of hydrogen-bond donors (Lipinski definition) is 2. The van der Waals surface area contributed by atoms with Gasteiger partial charge in [0.15, 0.2) is 0 Å². The van der Waals surface area contributed by atoms with Crippen molar-refractivity contribution in [2.45, 2.75) is 0 Å². The molecule has 0 fully saturated rings. The molecule has 2 N–H and O–H groups in total. The van der Waals surface area contributed by atoms with Gasteiger partial charge in [0.05, 0.1) is 29.4 Å². The number of H-pyrrole nitrogens is 1. The van der Waals surface area contributed by atoms with Crippen LogP contribution >= 0.6 is 11.6 Å². The van der Waals surface area contributed by atoms with Gasteiger partial charge in [-0.1, -0.05) is 23.7 Å². The van der Waals surface area contributed by atoms with Gasteiger partial charge in [-0.3, -0.25) is 9.89 Å². The first-order valence-corrected chi connectivity index (χ1v) is 6.64. The normalized spacial score (nSPS) is 10.6. The second-order valence-electron chi connectivity index (χ2n) is 4.44. The number of ether oxygens (including phenoxy) is 1. The Hall–Kier alpha value is -2.53. The van der Waals surface area contributed by atoms with E-state index in [-0.39, 0.29) is 5.91 Å². The number of carbonyl (C=O) groups is 1. The topological polar surface area (TPSA) is 67.0 Å². The highest BCUT2D eigenvalue weighted by atomic mass is 35.5. The van der Waals surface area contributed by atoms with Crippen molar-refractivity contribution in [2.24, 2.45) is 0 Å². The largest absolute Gasteiger partial charge is 0.495 e. The van der Waals surface area contributed by atoms with Crippen LogP contribution in [0.3, 0.4) is 0 Å². The number of aromatic amines is 1. The molecule has 21 heavy (non-hydrogen) atoms. The van der Waals surface area contributed by atoms with Crippen LogP contribution in [-0.2, 0) is 0 Å². The zero-order valence-corrected chi connectivity index (χ0v) is 11.9. The van der Waals surface area contributed by atoms with Crippen molar-refractivity contribution in [1.29, 1.82) is 0 Å². The minimum Gasteiger partial charge on any atom is -0.495 e. The maximum Gasteiger partial charge on any atom is 0.257 e. The van der Waals surface area contributed by atoms with Gasteiger partial charge >= 0.3 is 0 Å². The van der Waals surface area contributed by atoms with E-state index in [1.807, 2.05) is 12.1 Å². The Morgan fingerprint density at radius 3 is 2.95 bits per heavy atom. The number of halogens is 1. The predicted molar refractivity (Wildman–Crippen MR) is 82.1 cm³/mol. The molecule has 0 unspecified atom stereocenters. The monoisotopic (exact) mass is 301 g/mol. The molecule has 1 heterocycles. The van der Waals surface area contributed by atoms with Crippen LogP contribution in [0.1, 0.15) is 10.4 Å². The summed E-state index contributed by atoms with van der Waals surface area (Å²) in [5, 5.41) is 10.9. The second kappa shape index (κ2) is 5.46. The average Bonchev–Trinajstić information content (AvgIpc) is 2.95. The van der Waals surface area contributed by atoms with Crippen LogP contribution in [0.2, 0.25) is 5.02 Å². The van der Waals surface area contributed by atoms with Gasteiger partial charge in [0.1, 0.15) is 5.75 Å². The molecule has 0 saturated carbocycles. The lowest BCUT2D eigenvalue weighted by Crippen LogP contribution is -2.12. The van der Waals surface area contributed by atoms with Crippen LogP contribution in [0, 0.1) is 0 Å². The molecule has 0 atom stereocenters. The van der Waals surface area contributed by atoms with E-state index in [0.717, 1.165) is 5.39 Å². The molecule has 3 aromatic rings. The van der Waals surface area contributed by atoms with Gasteiger partial charge in [-0.15, -0.1) is 0 Å². The number of nitrogens with zero attached hydrogens (tertiary/aromatic N) is 1. The second-order valence-corrected chi connectivity index (χ2v) is 4.85. The average molecular weight is 302 g/mol. The maximum absolute atomic E-state index is 12.4. The number of amides is 1. The summed E-state index contributed by atoms with van der Waals surface area (Å²) in [6, 6.07) is 10.5. The number of methoxy groups -OCH3 is 1. The van der Waals surface area contributed by atoms with E-state index in [2.05, 4.69) is 15.5 Å². The third kappa shape index (κ3) is 2.55. The van der Waals surface area contributed by atoms with E-state index in [9.17, 15) is 4.79 Å². The molecule has 5 nitrogen and oxygen atoms in total. The summed E-state index contributed by atoms with van der Waals surface area (Å²) in [6.07, 6.45) is 1.68. The fourth-order valence-electron chi connectivity index (χ4n) is 2.10. The Morgan fingerprint density at radius 2 is 2.19 bits per heavy atom. The molecule has 0 aliphatic carbocycles. The van der Waals surface area contributed by atoms with Crippen molar-refractivity contribution < 1.29 is 9.53 Å². The van der Waals surface area contributed by atoms with Gasteiger partial charge in [0, 0.05) is 11.1 Å². The summed E-state index contributed by atoms with van der Waals surface area (Å²) in [7, 11) is 1.54. The molecule has 1 amide bonds. The van der Waals surface area contributed by atoms with Gasteiger partial charge in [-0.05, 0) is 24.3 Å². The molecule has 2 aromatic carbocycles. The first-order valence-electron chi connectivity index (χ1n) is 6.26. The first kappa shape index (κ1) is 13.5. The van der Waals surface area contributed by atoms with E-state index >= 15 is 0 Å². The van der Waals surface area contributed by atoms with E-state index in [0.29, 0.717) is 27.5 Å². The number of anilines is 1. The summed E-state index contributed by atoms with van der Waals surface area (Å²) in [5.41, 5.74) is 1.83. The SMILES string of the molecule is COc1ccc(NC(=O)c2cccc3cn[nH]c23)cc1Cl. The molecule has 0 spiro atoms. The summed E-state index contributed by atoms with van der Waals surface area (Å²) in [6.45, 7) is 0. The number of aromatic nitrogens is 2. The molecule has 0 aliphatic heterocycles. The van der Waals surface area contributed by atoms with Gasteiger partial charge in [0.2, 0.25) is 0 Å². The standard InChI is InChI=1S/C15H12ClN3O2/c1-21-13-6-5-10(7-12(13)16)18-15(20)11-4-2-3-9-8-17-19-14(9)11/h2-8H,1H3,(H,17,19)(H,18,20). The van der Waals surface area contributed by atoms with E-state index in [1.165, 1.54) is 0 Å². The molecular formula is C15H12ClN3O2. The smallest absolute Gasteiger partial charge is 0.257 e. The molecule has 0 saturated heterocycles. The Balaban J connectivity index is 1.89. The van der Waals surface area contributed by atoms with Crippen molar-refractivity contribution in [2.75, 3.05) is 12.4 Å². The number of fused-ring (bicyclic) bond motifs is 1. The lowest BCUT2D eigenvalue weighted by molar-refractivity contribution is 0.102. The lowest BCUT2D eigenvalue weighted by atomic mass is 10.1. The fourth-order valence-corrected chi connectivity index (χ4v) is 2.36. The molecule has 6 heteroatoms. The van der Waals surface area contributed by atoms with Crippen LogP contribution in [0.4, 0.5) is 5.69 Å². The Labute approximate surface area is 125 Å². The van der Waals surface area contributed by atoms with Gasteiger partial charge in [-0.25, -0.2) is 0 Å². The Kier molecular flexibility index (Phi) is 3.50. The summed E-state index contributed by atoms with van der Waals surface area (Å²) >= 11 is 6.04. The van der Waals surface area contributed by atoms with E-state index < -0.39 is 0 Å². The van der Waals surface area contributed by atoms with Crippen molar-refractivity contribution in [3.05, 3.63) is 53.2 Å². The van der Waals surface area contributed by atoms with Crippen molar-refractivity contribution in [1.82, 2.24) is 10.2 Å². The van der Waals surface area contributed by atoms with E-state index in [1.54, 1.807) is 37.6 Å². The van der Waals surface area contributed by atoms with E-state index in [4.69, 9.17) is 16.3 Å². The summed E-state index contributed by atoms with van der Waals surface area (Å²) in [4.78, 5) is 12.4. The van der Waals surface area contributed by atoms with Gasteiger partial charge in [0.25, 0.3) is 5.91 Å². The van der Waals surface area contributed by atoms with Gasteiger partial charge < -0.3 is 10.1 Å². The third-order valence-corrected chi connectivity index (χ3v) is 3.43. The predicted octanol–water partition coefficient (Wildman–Crippen LogP) is 3.48. The lowest BCUT2D eigenvalue weighted by Gasteiger charge is -2.08. The molecule has 0 bridgehead atoms. The Morgan fingerprint density at radius 1 is 1.33 bits per heavy atom. The van der Waals surface area contributed by atoms with Crippen LogP contribution in [0.5, 0.6) is 5.75 Å². The summed E-state index contributed by atoms with van der Waals surface area (Å²) < 4.78 is 5.08. The number of nitrogens with one attached hydrogen (secondary N) is 2. The highest BCUT2D eigenvalue weighted by Gasteiger charge is 2.12. The number of hydrogen-bond acceptors (Lipinski definition) is 3. The molecule has 3 rings (SSSR count). The van der Waals surface area contributed by atoms with Crippen LogP contribution in [-0.4, -0.2) is 23.2 Å². The van der Waals surface area contributed by atoms with Crippen molar-refractivity contribution in [3.63, 3.8) is 0 Å². The minimum absolute atomic E-state index is 0.230. The molecular weight excluding hydrogens is 290 g/mol. The van der Waals surface area contributed by atoms with Crippen molar-refractivity contribution in [3.8, 4) is 5.75 Å². The van der Waals surface area contributed by atoms with Crippen LogP contribution in [0.25, 0.3) is 10.9 Å². The van der Waals surface area contributed by atoms with Crippen molar-refractivity contribution >= 4 is 34.1 Å². The quantitative estimate of drug-likeness (QED) is 0.778. The fraction of sp³-hybridized carbons (Fsp3) is 0.0667. The zero-order chi connectivity index (χ0) is 14.8. The first-order chi connectivity index (χ1) is 10.2. The maximum atomic E-state index is 12.4. The number of carbonyl (C=O) groups excluding carboxylic acids is 1. The summed E-state index contributed by atoms with van der Waals surface area (Å²) in [5.74, 6) is 0.330. The molecule has 0 radical (unpaired) electrons. The zero-order valence-electron chi connectivity index (χ0n) is 11.2. The Bertz CT molecular complexity index is 814. The van der Waals surface area contributed by atoms with Gasteiger partial charge in [-0.2, -0.15) is 5.10 Å². The number of benzene rings is 2. The number of rotatable bonds is 3. The highest BCUT2D eigenvalue weighted by Crippen LogP contribution is 2.27. The van der Waals surface area contributed by atoms with Crippen LogP contribution in [0.15, 0.2) is 42.6 Å². The number of para-hydroxylation sites is 1. The molecule has 0 aliphatic rings. The minimum atomic E-state index is -0.230. The van der Waals surface area contributed by atoms with Crippen LogP contribution < -0.4 is 10.1 Å². The molecule has 106 valence electrons. The highest BCUT2D eigenvalue weighted by molar-refractivity contribution is 6.32. The molecule has 1 aromatic heterocycles.